The third-order valence-electron chi connectivity index (χ3n) is 2.11. The first-order valence-electron chi connectivity index (χ1n) is 4.97. The van der Waals surface area contributed by atoms with Crippen molar-refractivity contribution in [1.82, 2.24) is 5.32 Å². The van der Waals surface area contributed by atoms with Crippen LogP contribution >= 0.6 is 15.9 Å². The van der Waals surface area contributed by atoms with E-state index in [0.717, 1.165) is 4.47 Å². The Labute approximate surface area is 109 Å². The van der Waals surface area contributed by atoms with Crippen LogP contribution in [-0.2, 0) is 0 Å². The Hall–Kier alpha value is -1.54. The van der Waals surface area contributed by atoms with E-state index in [1.807, 2.05) is 6.07 Å². The number of benzene rings is 1. The van der Waals surface area contributed by atoms with Gasteiger partial charge in [0.25, 0.3) is 5.91 Å². The molecule has 0 heterocycles. The van der Waals surface area contributed by atoms with Crippen LogP contribution < -0.4 is 10.1 Å². The zero-order valence-corrected chi connectivity index (χ0v) is 11.5. The number of methoxy groups -OCH3 is 1. The lowest BCUT2D eigenvalue weighted by Gasteiger charge is -2.18. The Morgan fingerprint density at radius 3 is 2.71 bits per heavy atom. The second kappa shape index (κ2) is 5.19. The van der Waals surface area contributed by atoms with Crippen molar-refractivity contribution < 1.29 is 9.53 Å². The van der Waals surface area contributed by atoms with Crippen LogP contribution in [0.15, 0.2) is 22.7 Å². The summed E-state index contributed by atoms with van der Waals surface area (Å²) in [6.45, 7) is 3.27. The number of carbonyl (C=O) groups excluding carboxylic acids is 1. The highest BCUT2D eigenvalue weighted by molar-refractivity contribution is 9.10. The maximum Gasteiger partial charge on any atom is 0.256 e. The summed E-state index contributed by atoms with van der Waals surface area (Å²) in [5, 5.41) is 11.5. The topological polar surface area (TPSA) is 62.1 Å². The van der Waals surface area contributed by atoms with Crippen molar-refractivity contribution in [2.24, 2.45) is 0 Å². The Balaban J connectivity index is 3.04. The van der Waals surface area contributed by atoms with Crippen LogP contribution in [0, 0.1) is 11.3 Å². The Morgan fingerprint density at radius 2 is 2.18 bits per heavy atom. The van der Waals surface area contributed by atoms with E-state index in [1.54, 1.807) is 32.0 Å². The third-order valence-corrected chi connectivity index (χ3v) is 2.60. The quantitative estimate of drug-likeness (QED) is 0.932. The minimum atomic E-state index is -0.912. The monoisotopic (exact) mass is 296 g/mol. The van der Waals surface area contributed by atoms with Gasteiger partial charge in [0, 0.05) is 4.47 Å². The number of hydrogen-bond donors (Lipinski definition) is 1. The average molecular weight is 297 g/mol. The molecule has 4 nitrogen and oxygen atoms in total. The van der Waals surface area contributed by atoms with Gasteiger partial charge in [-0.05, 0) is 32.0 Å². The van der Waals surface area contributed by atoms with Gasteiger partial charge in [-0.25, -0.2) is 0 Å². The second-order valence-electron chi connectivity index (χ2n) is 4.04. The van der Waals surface area contributed by atoms with Crippen LogP contribution in [0.2, 0.25) is 0 Å². The fourth-order valence-corrected chi connectivity index (χ4v) is 1.60. The first-order chi connectivity index (χ1) is 7.89. The number of carbonyl (C=O) groups is 1. The fourth-order valence-electron chi connectivity index (χ4n) is 1.24. The van der Waals surface area contributed by atoms with Crippen molar-refractivity contribution in [3.63, 3.8) is 0 Å². The average Bonchev–Trinajstić information content (AvgIpc) is 2.28. The molecule has 0 aliphatic rings. The van der Waals surface area contributed by atoms with Crippen molar-refractivity contribution >= 4 is 21.8 Å². The molecule has 0 aromatic heterocycles. The summed E-state index contributed by atoms with van der Waals surface area (Å²) in [7, 11) is 1.50. The molecular formula is C12H13BrN2O2. The van der Waals surface area contributed by atoms with Crippen LogP contribution in [0.5, 0.6) is 5.75 Å². The second-order valence-corrected chi connectivity index (χ2v) is 4.95. The highest BCUT2D eigenvalue weighted by Crippen LogP contribution is 2.23. The van der Waals surface area contributed by atoms with E-state index in [-0.39, 0.29) is 5.91 Å². The van der Waals surface area contributed by atoms with E-state index in [1.165, 1.54) is 7.11 Å². The number of hydrogen-bond acceptors (Lipinski definition) is 3. The molecule has 0 bridgehead atoms. The van der Waals surface area contributed by atoms with Gasteiger partial charge < -0.3 is 10.1 Å². The number of rotatable bonds is 3. The Bertz CT molecular complexity index is 478. The number of nitrogens with one attached hydrogen (secondary N) is 1. The molecule has 0 unspecified atom stereocenters. The molecule has 1 aromatic rings. The lowest BCUT2D eigenvalue weighted by Crippen LogP contribution is -2.42. The maximum atomic E-state index is 12.0. The van der Waals surface area contributed by atoms with Gasteiger partial charge in [-0.15, -0.1) is 0 Å². The van der Waals surface area contributed by atoms with E-state index in [4.69, 9.17) is 10.00 Å². The van der Waals surface area contributed by atoms with E-state index in [0.29, 0.717) is 11.3 Å². The molecule has 0 atom stereocenters. The smallest absolute Gasteiger partial charge is 0.256 e. The van der Waals surface area contributed by atoms with E-state index >= 15 is 0 Å². The maximum absolute atomic E-state index is 12.0. The third kappa shape index (κ3) is 3.46. The predicted octanol–water partition coefficient (Wildman–Crippen LogP) is 2.49. The minimum Gasteiger partial charge on any atom is -0.496 e. The highest BCUT2D eigenvalue weighted by atomic mass is 79.9. The van der Waals surface area contributed by atoms with Crippen LogP contribution in [0.25, 0.3) is 0 Å². The highest BCUT2D eigenvalue weighted by Gasteiger charge is 2.22. The zero-order chi connectivity index (χ0) is 13.1. The van der Waals surface area contributed by atoms with Crippen molar-refractivity contribution in [2.75, 3.05) is 7.11 Å². The summed E-state index contributed by atoms with van der Waals surface area (Å²) in [5.41, 5.74) is -0.519. The van der Waals surface area contributed by atoms with E-state index in [9.17, 15) is 4.79 Å². The van der Waals surface area contributed by atoms with Gasteiger partial charge in [0.2, 0.25) is 0 Å². The van der Waals surface area contributed by atoms with Crippen molar-refractivity contribution in [1.29, 1.82) is 5.26 Å². The van der Waals surface area contributed by atoms with Gasteiger partial charge in [0.1, 0.15) is 11.3 Å². The summed E-state index contributed by atoms with van der Waals surface area (Å²) >= 11 is 3.29. The molecule has 1 rings (SSSR count). The van der Waals surface area contributed by atoms with Crippen LogP contribution in [0.4, 0.5) is 0 Å². The van der Waals surface area contributed by atoms with Crippen LogP contribution in [-0.4, -0.2) is 18.6 Å². The van der Waals surface area contributed by atoms with Crippen LogP contribution in [0.1, 0.15) is 24.2 Å². The molecule has 90 valence electrons. The zero-order valence-electron chi connectivity index (χ0n) is 9.87. The fraction of sp³-hybridized carbons (Fsp3) is 0.333. The summed E-state index contributed by atoms with van der Waals surface area (Å²) in [6.07, 6.45) is 0. The number of ether oxygens (including phenoxy) is 1. The molecule has 1 aromatic carbocycles. The van der Waals surface area contributed by atoms with Gasteiger partial charge in [-0.3, -0.25) is 4.79 Å². The number of nitriles is 1. The first-order valence-corrected chi connectivity index (χ1v) is 5.76. The van der Waals surface area contributed by atoms with Gasteiger partial charge in [-0.2, -0.15) is 5.26 Å². The van der Waals surface area contributed by atoms with Crippen molar-refractivity contribution in [2.45, 2.75) is 19.4 Å². The van der Waals surface area contributed by atoms with Crippen molar-refractivity contribution in [3.8, 4) is 11.8 Å². The summed E-state index contributed by atoms with van der Waals surface area (Å²) in [5.74, 6) is 0.133. The molecule has 0 spiro atoms. The Kier molecular flexibility index (Phi) is 4.13. The van der Waals surface area contributed by atoms with E-state index < -0.39 is 5.54 Å². The first kappa shape index (κ1) is 13.5. The normalized spacial score (nSPS) is 10.5. The number of amides is 1. The lowest BCUT2D eigenvalue weighted by atomic mass is 10.1. The molecular weight excluding hydrogens is 284 g/mol. The number of halogens is 1. The molecule has 0 aliphatic carbocycles. The molecule has 0 aliphatic heterocycles. The van der Waals surface area contributed by atoms with E-state index in [2.05, 4.69) is 21.2 Å². The molecule has 0 radical (unpaired) electrons. The molecule has 17 heavy (non-hydrogen) atoms. The molecule has 0 saturated heterocycles. The van der Waals surface area contributed by atoms with Crippen molar-refractivity contribution in [3.05, 3.63) is 28.2 Å². The molecule has 1 amide bonds. The standard InChI is InChI=1S/C12H13BrN2O2/c1-12(2,7-14)15-11(16)9-6-8(13)4-5-10(9)17-3/h4-6H,1-3H3,(H,15,16). The minimum absolute atomic E-state index is 0.338. The van der Waals surface area contributed by atoms with Crippen LogP contribution in [0.3, 0.4) is 0 Å². The molecule has 0 saturated carbocycles. The lowest BCUT2D eigenvalue weighted by molar-refractivity contribution is 0.0926. The Morgan fingerprint density at radius 1 is 1.53 bits per heavy atom. The summed E-state index contributed by atoms with van der Waals surface area (Å²) < 4.78 is 5.88. The van der Waals surface area contributed by atoms with Gasteiger partial charge in [-0.1, -0.05) is 15.9 Å². The largest absolute Gasteiger partial charge is 0.496 e. The SMILES string of the molecule is COc1ccc(Br)cc1C(=O)NC(C)(C)C#N. The molecule has 0 fully saturated rings. The molecule has 1 N–H and O–H groups in total. The predicted molar refractivity (Wildman–Crippen MR) is 67.9 cm³/mol. The number of nitrogens with zero attached hydrogens (tertiary/aromatic N) is 1. The summed E-state index contributed by atoms with van der Waals surface area (Å²) in [6, 6.07) is 7.14. The van der Waals surface area contributed by atoms with Gasteiger partial charge >= 0.3 is 0 Å². The van der Waals surface area contributed by atoms with Gasteiger partial charge in [0.15, 0.2) is 0 Å². The summed E-state index contributed by atoms with van der Waals surface area (Å²) in [4.78, 5) is 12.0. The van der Waals surface area contributed by atoms with Gasteiger partial charge in [0.05, 0.1) is 18.7 Å². The molecule has 5 heteroatoms.